The van der Waals surface area contributed by atoms with Crippen LogP contribution in [0.3, 0.4) is 0 Å². The van der Waals surface area contributed by atoms with Crippen molar-refractivity contribution in [2.45, 2.75) is 36.7 Å². The number of nitrogens with zero attached hydrogens (tertiary/aromatic N) is 3. The average Bonchev–Trinajstić information content (AvgIpc) is 3.40. The normalized spacial score (nSPS) is 12.1. The highest BCUT2D eigenvalue weighted by molar-refractivity contribution is 8.01. The van der Waals surface area contributed by atoms with E-state index in [1.807, 2.05) is 13.0 Å². The van der Waals surface area contributed by atoms with Crippen LogP contribution in [0.4, 0.5) is 0 Å². The van der Waals surface area contributed by atoms with Crippen molar-refractivity contribution < 1.29 is 9.53 Å². The lowest BCUT2D eigenvalue weighted by Gasteiger charge is -2.08. The summed E-state index contributed by atoms with van der Waals surface area (Å²) in [6, 6.07) is 10.5. The third-order valence-corrected chi connectivity index (χ3v) is 9.12. The van der Waals surface area contributed by atoms with Crippen LogP contribution < -0.4 is 0 Å². The fourth-order valence-electron chi connectivity index (χ4n) is 3.55. The monoisotopic (exact) mass is 599 g/mol. The van der Waals surface area contributed by atoms with Gasteiger partial charge in [-0.15, -0.1) is 11.8 Å². The van der Waals surface area contributed by atoms with E-state index in [9.17, 15) is 4.79 Å². The Morgan fingerprint density at radius 2 is 1.78 bits per heavy atom. The van der Waals surface area contributed by atoms with Crippen molar-refractivity contribution in [2.75, 3.05) is 7.11 Å². The van der Waals surface area contributed by atoms with Crippen molar-refractivity contribution in [1.82, 2.24) is 14.8 Å². The van der Waals surface area contributed by atoms with E-state index in [1.54, 1.807) is 42.1 Å². The number of aromatic nitrogens is 3. The van der Waals surface area contributed by atoms with Gasteiger partial charge in [0.05, 0.1) is 32.8 Å². The summed E-state index contributed by atoms with van der Waals surface area (Å²) in [5.41, 5.74) is 3.65. The van der Waals surface area contributed by atoms with Gasteiger partial charge in [-0.2, -0.15) is 9.78 Å². The molecule has 36 heavy (non-hydrogen) atoms. The lowest BCUT2D eigenvalue weighted by atomic mass is 10.0. The van der Waals surface area contributed by atoms with Gasteiger partial charge in [0.25, 0.3) is 0 Å². The first-order valence-corrected chi connectivity index (χ1v) is 14.1. The molecule has 0 saturated heterocycles. The van der Waals surface area contributed by atoms with E-state index in [2.05, 4.69) is 18.9 Å². The van der Waals surface area contributed by atoms with E-state index in [0.29, 0.717) is 47.3 Å². The summed E-state index contributed by atoms with van der Waals surface area (Å²) in [5, 5.41) is 7.35. The van der Waals surface area contributed by atoms with Gasteiger partial charge >= 0.3 is 5.97 Å². The standard InChI is InChI=1S/C25H21Cl4N3O2S2/c1-5-12(2)35-24-21(14-6-7-18(28)19(29)10-14)30-25(36-24)32-22(23(33)34-4)20(13(3)31-32)15-8-16(26)11-17(27)9-15/h6-12H,5H2,1-4H3. The number of carbonyl (C=O) groups is 1. The summed E-state index contributed by atoms with van der Waals surface area (Å²) < 4.78 is 7.65. The number of rotatable bonds is 7. The number of thiazole rings is 1. The first-order chi connectivity index (χ1) is 17.1. The summed E-state index contributed by atoms with van der Waals surface area (Å²) in [4.78, 5) is 17.9. The lowest BCUT2D eigenvalue weighted by molar-refractivity contribution is 0.0591. The largest absolute Gasteiger partial charge is 0.464 e. The molecule has 0 fully saturated rings. The number of esters is 1. The van der Waals surface area contributed by atoms with E-state index in [1.165, 1.54) is 23.1 Å². The predicted octanol–water partition coefficient (Wildman–Crippen LogP) is 9.26. The molecule has 0 aliphatic rings. The highest BCUT2D eigenvalue weighted by Crippen LogP contribution is 2.42. The molecule has 0 N–H and O–H groups in total. The minimum absolute atomic E-state index is 0.239. The number of ether oxygens (including phenoxy) is 1. The number of hydrogen-bond donors (Lipinski definition) is 0. The minimum atomic E-state index is -0.552. The third-order valence-electron chi connectivity index (χ3n) is 5.43. The molecule has 2 aromatic carbocycles. The maximum atomic E-state index is 13.0. The Morgan fingerprint density at radius 3 is 2.39 bits per heavy atom. The van der Waals surface area contributed by atoms with Crippen LogP contribution in [-0.4, -0.2) is 33.1 Å². The van der Waals surface area contributed by atoms with Gasteiger partial charge in [0.2, 0.25) is 5.13 Å². The second-order valence-corrected chi connectivity index (χ2v) is 12.3. The van der Waals surface area contributed by atoms with Gasteiger partial charge in [-0.05, 0) is 49.2 Å². The molecule has 0 radical (unpaired) electrons. The molecule has 11 heteroatoms. The highest BCUT2D eigenvalue weighted by Gasteiger charge is 2.28. The third kappa shape index (κ3) is 5.57. The van der Waals surface area contributed by atoms with Crippen LogP contribution in [0.2, 0.25) is 20.1 Å². The van der Waals surface area contributed by atoms with Crippen LogP contribution in [0.15, 0.2) is 40.6 Å². The molecule has 1 atom stereocenters. The maximum Gasteiger partial charge on any atom is 0.357 e. The summed E-state index contributed by atoms with van der Waals surface area (Å²) in [7, 11) is 1.33. The molecule has 0 bridgehead atoms. The first-order valence-electron chi connectivity index (χ1n) is 10.9. The van der Waals surface area contributed by atoms with Gasteiger partial charge in [-0.1, -0.05) is 77.7 Å². The van der Waals surface area contributed by atoms with Crippen molar-refractivity contribution in [2.24, 2.45) is 0 Å². The van der Waals surface area contributed by atoms with Crippen LogP contribution in [0.25, 0.3) is 27.5 Å². The van der Waals surface area contributed by atoms with Crippen LogP contribution in [0, 0.1) is 6.92 Å². The van der Waals surface area contributed by atoms with Crippen molar-refractivity contribution in [3.05, 3.63) is 67.9 Å². The fraction of sp³-hybridized carbons (Fsp3) is 0.240. The van der Waals surface area contributed by atoms with Crippen molar-refractivity contribution >= 4 is 75.5 Å². The van der Waals surface area contributed by atoms with Gasteiger partial charge in [0, 0.05) is 26.4 Å². The molecule has 0 saturated carbocycles. The van der Waals surface area contributed by atoms with E-state index < -0.39 is 5.97 Å². The quantitative estimate of drug-likeness (QED) is 0.156. The Labute approximate surface area is 237 Å². The molecule has 0 aliphatic heterocycles. The fourth-order valence-corrected chi connectivity index (χ4v) is 6.87. The summed E-state index contributed by atoms with van der Waals surface area (Å²) in [6.45, 7) is 6.10. The second-order valence-electron chi connectivity index (χ2n) is 7.97. The van der Waals surface area contributed by atoms with E-state index in [4.69, 9.17) is 56.1 Å². The van der Waals surface area contributed by atoms with E-state index in [0.717, 1.165) is 21.9 Å². The zero-order chi connectivity index (χ0) is 26.1. The van der Waals surface area contributed by atoms with Crippen molar-refractivity contribution in [1.29, 1.82) is 0 Å². The van der Waals surface area contributed by atoms with Crippen molar-refractivity contribution in [3.8, 4) is 27.5 Å². The maximum absolute atomic E-state index is 13.0. The second kappa shape index (κ2) is 11.3. The number of hydrogen-bond acceptors (Lipinski definition) is 6. The molecular formula is C25H21Cl4N3O2S2. The zero-order valence-electron chi connectivity index (χ0n) is 19.7. The molecule has 1 unspecified atom stereocenters. The average molecular weight is 601 g/mol. The molecule has 0 spiro atoms. The molecule has 4 aromatic rings. The summed E-state index contributed by atoms with van der Waals surface area (Å²) >= 11 is 28.1. The summed E-state index contributed by atoms with van der Waals surface area (Å²) in [5.74, 6) is -0.552. The summed E-state index contributed by atoms with van der Waals surface area (Å²) in [6.07, 6.45) is 0.979. The Hall–Kier alpha value is -1.74. The molecule has 2 heterocycles. The predicted molar refractivity (Wildman–Crippen MR) is 152 cm³/mol. The number of halogens is 4. The molecule has 4 rings (SSSR count). The lowest BCUT2D eigenvalue weighted by Crippen LogP contribution is -2.11. The topological polar surface area (TPSA) is 57.0 Å². The number of aryl methyl sites for hydroxylation is 1. The number of thioether (sulfide) groups is 1. The molecule has 0 amide bonds. The van der Waals surface area contributed by atoms with Crippen LogP contribution >= 0.6 is 69.5 Å². The highest BCUT2D eigenvalue weighted by atomic mass is 35.5. The SMILES string of the molecule is CCC(C)Sc1sc(-n2nc(C)c(-c3cc(Cl)cc(Cl)c3)c2C(=O)OC)nc1-c1ccc(Cl)c(Cl)c1. The first kappa shape index (κ1) is 27.3. The zero-order valence-corrected chi connectivity index (χ0v) is 24.4. The number of methoxy groups -OCH3 is 1. The Morgan fingerprint density at radius 1 is 1.08 bits per heavy atom. The van der Waals surface area contributed by atoms with Crippen LogP contribution in [-0.2, 0) is 4.74 Å². The van der Waals surface area contributed by atoms with E-state index in [-0.39, 0.29) is 5.69 Å². The molecule has 0 aliphatic carbocycles. The molecule has 188 valence electrons. The van der Waals surface area contributed by atoms with Gasteiger partial charge in [-0.25, -0.2) is 9.78 Å². The van der Waals surface area contributed by atoms with Gasteiger partial charge in [-0.3, -0.25) is 0 Å². The van der Waals surface area contributed by atoms with Gasteiger partial charge in [0.15, 0.2) is 5.69 Å². The Bertz CT molecular complexity index is 1430. The molecule has 5 nitrogen and oxygen atoms in total. The molecule has 2 aromatic heterocycles. The minimum Gasteiger partial charge on any atom is -0.464 e. The van der Waals surface area contributed by atoms with E-state index >= 15 is 0 Å². The Kier molecular flexibility index (Phi) is 8.60. The number of benzene rings is 2. The van der Waals surface area contributed by atoms with Crippen LogP contribution in [0.5, 0.6) is 0 Å². The van der Waals surface area contributed by atoms with Gasteiger partial charge < -0.3 is 4.74 Å². The van der Waals surface area contributed by atoms with Crippen LogP contribution in [0.1, 0.15) is 36.5 Å². The van der Waals surface area contributed by atoms with Crippen molar-refractivity contribution in [3.63, 3.8) is 0 Å². The van der Waals surface area contributed by atoms with Gasteiger partial charge in [0.1, 0.15) is 0 Å². The Balaban J connectivity index is 1.94. The molecular weight excluding hydrogens is 580 g/mol. The number of carbonyl (C=O) groups excluding carboxylic acids is 1. The smallest absolute Gasteiger partial charge is 0.357 e.